The summed E-state index contributed by atoms with van der Waals surface area (Å²) in [6.45, 7) is 7.67. The number of carbonyl (C=O) groups excluding carboxylic acids is 1. The highest BCUT2D eigenvalue weighted by Crippen LogP contribution is 2.33. The lowest BCUT2D eigenvalue weighted by Crippen LogP contribution is -2.60. The van der Waals surface area contributed by atoms with Crippen LogP contribution < -0.4 is 5.73 Å². The van der Waals surface area contributed by atoms with E-state index in [0.717, 1.165) is 0 Å². The van der Waals surface area contributed by atoms with Crippen molar-refractivity contribution in [3.8, 4) is 0 Å². The van der Waals surface area contributed by atoms with Gasteiger partial charge in [-0.2, -0.15) is 0 Å². The standard InChI is InChI=1S/C13H24N2O4/c1-5-13(10(16)17)8-15(7-6-9(13)14)11(18)19-12(2,3)4/h9H,5-8,14H2,1-4H3,(H,16,17)/t9-,13?/m1/s1. The summed E-state index contributed by atoms with van der Waals surface area (Å²) >= 11 is 0. The molecule has 1 fully saturated rings. The number of hydrogen-bond donors (Lipinski definition) is 2. The number of rotatable bonds is 2. The van der Waals surface area contributed by atoms with Gasteiger partial charge in [0.25, 0.3) is 0 Å². The van der Waals surface area contributed by atoms with Gasteiger partial charge in [0, 0.05) is 19.1 Å². The predicted octanol–water partition coefficient (Wildman–Crippen LogP) is 1.44. The second kappa shape index (κ2) is 5.36. The van der Waals surface area contributed by atoms with Crippen LogP contribution in [0.2, 0.25) is 0 Å². The van der Waals surface area contributed by atoms with E-state index < -0.39 is 29.1 Å². The minimum absolute atomic E-state index is 0.106. The zero-order valence-corrected chi connectivity index (χ0v) is 12.1. The van der Waals surface area contributed by atoms with Crippen LogP contribution in [-0.4, -0.2) is 46.8 Å². The van der Waals surface area contributed by atoms with E-state index in [1.54, 1.807) is 27.7 Å². The molecule has 1 amide bonds. The molecule has 1 aliphatic heterocycles. The first kappa shape index (κ1) is 15.8. The van der Waals surface area contributed by atoms with Crippen LogP contribution in [0.25, 0.3) is 0 Å². The monoisotopic (exact) mass is 272 g/mol. The molecule has 0 bridgehead atoms. The molecular formula is C13H24N2O4. The Balaban J connectivity index is 2.85. The summed E-state index contributed by atoms with van der Waals surface area (Å²) in [5.41, 5.74) is 4.29. The molecule has 1 rings (SSSR count). The van der Waals surface area contributed by atoms with Crippen molar-refractivity contribution >= 4 is 12.1 Å². The first-order valence-corrected chi connectivity index (χ1v) is 6.59. The van der Waals surface area contributed by atoms with Gasteiger partial charge < -0.3 is 20.5 Å². The van der Waals surface area contributed by atoms with Crippen molar-refractivity contribution < 1.29 is 19.4 Å². The smallest absolute Gasteiger partial charge is 0.410 e. The largest absolute Gasteiger partial charge is 0.481 e. The molecule has 6 heteroatoms. The second-order valence-corrected chi connectivity index (χ2v) is 6.11. The van der Waals surface area contributed by atoms with Crippen LogP contribution in [0.1, 0.15) is 40.5 Å². The van der Waals surface area contributed by atoms with E-state index in [-0.39, 0.29) is 6.54 Å². The lowest BCUT2D eigenvalue weighted by atomic mass is 9.74. The minimum atomic E-state index is -1.07. The van der Waals surface area contributed by atoms with Crippen molar-refractivity contribution in [2.24, 2.45) is 11.1 Å². The molecule has 0 aliphatic carbocycles. The van der Waals surface area contributed by atoms with Gasteiger partial charge in [-0.1, -0.05) is 6.92 Å². The van der Waals surface area contributed by atoms with Gasteiger partial charge in [0.1, 0.15) is 11.0 Å². The Bertz CT molecular complexity index is 364. The highest BCUT2D eigenvalue weighted by atomic mass is 16.6. The zero-order chi connectivity index (χ0) is 14.8. The van der Waals surface area contributed by atoms with Crippen molar-refractivity contribution in [1.29, 1.82) is 0 Å². The number of nitrogens with two attached hydrogens (primary N) is 1. The molecule has 0 aromatic heterocycles. The van der Waals surface area contributed by atoms with Crippen LogP contribution in [-0.2, 0) is 9.53 Å². The Morgan fingerprint density at radius 2 is 2.05 bits per heavy atom. The van der Waals surface area contributed by atoms with Crippen LogP contribution >= 0.6 is 0 Å². The van der Waals surface area contributed by atoms with Gasteiger partial charge >= 0.3 is 12.1 Å². The van der Waals surface area contributed by atoms with E-state index in [1.807, 2.05) is 0 Å². The number of carboxylic acid groups (broad SMARTS) is 1. The van der Waals surface area contributed by atoms with Gasteiger partial charge in [0.2, 0.25) is 0 Å². The van der Waals surface area contributed by atoms with E-state index in [9.17, 15) is 14.7 Å². The molecule has 0 radical (unpaired) electrons. The maximum Gasteiger partial charge on any atom is 0.410 e. The summed E-state index contributed by atoms with van der Waals surface area (Å²) < 4.78 is 5.28. The molecule has 110 valence electrons. The van der Waals surface area contributed by atoms with Gasteiger partial charge in [0.15, 0.2) is 0 Å². The lowest BCUT2D eigenvalue weighted by molar-refractivity contribution is -0.153. The first-order chi connectivity index (χ1) is 8.62. The quantitative estimate of drug-likeness (QED) is 0.793. The number of likely N-dealkylation sites (tertiary alicyclic amines) is 1. The van der Waals surface area contributed by atoms with Crippen LogP contribution in [0.3, 0.4) is 0 Å². The Morgan fingerprint density at radius 3 is 2.47 bits per heavy atom. The van der Waals surface area contributed by atoms with Gasteiger partial charge in [-0.05, 0) is 33.6 Å². The molecule has 0 aromatic carbocycles. The van der Waals surface area contributed by atoms with E-state index in [1.165, 1.54) is 4.90 Å². The van der Waals surface area contributed by atoms with E-state index in [0.29, 0.717) is 19.4 Å². The summed E-state index contributed by atoms with van der Waals surface area (Å²) in [5.74, 6) is -0.948. The third kappa shape index (κ3) is 3.37. The van der Waals surface area contributed by atoms with Crippen molar-refractivity contribution in [2.45, 2.75) is 52.2 Å². The Hall–Kier alpha value is -1.30. The maximum absolute atomic E-state index is 12.0. The van der Waals surface area contributed by atoms with Gasteiger partial charge in [-0.15, -0.1) is 0 Å². The Kier molecular flexibility index (Phi) is 4.45. The Morgan fingerprint density at radius 1 is 1.47 bits per heavy atom. The number of aliphatic carboxylic acids is 1. The molecule has 1 heterocycles. The highest BCUT2D eigenvalue weighted by molar-refractivity contribution is 5.78. The molecule has 3 N–H and O–H groups in total. The van der Waals surface area contributed by atoms with Crippen LogP contribution in [0.15, 0.2) is 0 Å². The van der Waals surface area contributed by atoms with Gasteiger partial charge in [-0.3, -0.25) is 4.79 Å². The first-order valence-electron chi connectivity index (χ1n) is 6.59. The summed E-state index contributed by atoms with van der Waals surface area (Å²) in [6, 6.07) is -0.436. The van der Waals surface area contributed by atoms with Gasteiger partial charge in [-0.25, -0.2) is 4.79 Å². The lowest BCUT2D eigenvalue weighted by Gasteiger charge is -2.43. The van der Waals surface area contributed by atoms with Gasteiger partial charge in [0.05, 0.1) is 0 Å². The minimum Gasteiger partial charge on any atom is -0.481 e. The average molecular weight is 272 g/mol. The fourth-order valence-electron chi connectivity index (χ4n) is 2.34. The molecule has 19 heavy (non-hydrogen) atoms. The summed E-state index contributed by atoms with van der Waals surface area (Å²) in [4.78, 5) is 25.0. The number of carboxylic acids is 1. The number of carbonyl (C=O) groups is 2. The van der Waals surface area contributed by atoms with Crippen LogP contribution in [0.5, 0.6) is 0 Å². The molecule has 0 saturated carbocycles. The number of amides is 1. The van der Waals surface area contributed by atoms with Crippen molar-refractivity contribution in [2.75, 3.05) is 13.1 Å². The predicted molar refractivity (Wildman–Crippen MR) is 70.8 cm³/mol. The normalized spacial score (nSPS) is 28.1. The molecule has 1 aliphatic rings. The fourth-order valence-corrected chi connectivity index (χ4v) is 2.34. The van der Waals surface area contributed by atoms with E-state index in [2.05, 4.69) is 0 Å². The second-order valence-electron chi connectivity index (χ2n) is 6.11. The van der Waals surface area contributed by atoms with Crippen molar-refractivity contribution in [3.05, 3.63) is 0 Å². The number of nitrogens with zero attached hydrogens (tertiary/aromatic N) is 1. The summed E-state index contributed by atoms with van der Waals surface area (Å²) in [5, 5.41) is 9.43. The molecule has 0 spiro atoms. The topological polar surface area (TPSA) is 92.9 Å². The molecule has 0 aromatic rings. The molecule has 2 atom stereocenters. The number of piperidine rings is 1. The van der Waals surface area contributed by atoms with Crippen LogP contribution in [0.4, 0.5) is 4.79 Å². The summed E-state index contributed by atoms with van der Waals surface area (Å²) in [6.07, 6.45) is 0.390. The average Bonchev–Trinajstić information content (AvgIpc) is 2.27. The summed E-state index contributed by atoms with van der Waals surface area (Å²) in [7, 11) is 0. The SMILES string of the molecule is CCC1(C(=O)O)CN(C(=O)OC(C)(C)C)CC[C@H]1N. The van der Waals surface area contributed by atoms with Crippen molar-refractivity contribution in [1.82, 2.24) is 4.90 Å². The van der Waals surface area contributed by atoms with Crippen molar-refractivity contribution in [3.63, 3.8) is 0 Å². The molecule has 1 unspecified atom stereocenters. The van der Waals surface area contributed by atoms with Crippen LogP contribution in [0, 0.1) is 5.41 Å². The zero-order valence-electron chi connectivity index (χ0n) is 12.1. The maximum atomic E-state index is 12.0. The molecular weight excluding hydrogens is 248 g/mol. The third-order valence-electron chi connectivity index (χ3n) is 3.60. The Labute approximate surface area is 113 Å². The number of ether oxygens (including phenoxy) is 1. The number of hydrogen-bond acceptors (Lipinski definition) is 4. The molecule has 1 saturated heterocycles. The fraction of sp³-hybridized carbons (Fsp3) is 0.846. The van der Waals surface area contributed by atoms with E-state index >= 15 is 0 Å². The molecule has 6 nitrogen and oxygen atoms in total. The van der Waals surface area contributed by atoms with E-state index in [4.69, 9.17) is 10.5 Å². The third-order valence-corrected chi connectivity index (χ3v) is 3.60. The highest BCUT2D eigenvalue weighted by Gasteiger charge is 2.48.